The molecule has 1 rings (SSSR count). The fourth-order valence-electron chi connectivity index (χ4n) is 3.04. The molecule has 0 aromatic heterocycles. The van der Waals surface area contributed by atoms with Gasteiger partial charge in [0.15, 0.2) is 5.41 Å². The highest BCUT2D eigenvalue weighted by atomic mass is 16.7. The van der Waals surface area contributed by atoms with Gasteiger partial charge < -0.3 is 9.47 Å². The Bertz CT molecular complexity index is 509. The SMILES string of the molecule is CCOC1(OCC)C(C)CC(C#N)(C#N)C1(C#N)C#N. The molecule has 1 aliphatic carbocycles. The third-order valence-electron chi connectivity index (χ3n) is 3.86. The maximum Gasteiger partial charge on any atom is 0.228 e. The molecule has 0 amide bonds. The van der Waals surface area contributed by atoms with Crippen molar-refractivity contribution in [3.8, 4) is 24.3 Å². The lowest BCUT2D eigenvalue weighted by Gasteiger charge is -2.40. The lowest BCUT2D eigenvalue weighted by molar-refractivity contribution is -0.283. The van der Waals surface area contributed by atoms with Gasteiger partial charge in [0.05, 0.1) is 24.3 Å². The predicted molar refractivity (Wildman–Crippen MR) is 67.1 cm³/mol. The van der Waals surface area contributed by atoms with E-state index in [0.29, 0.717) is 0 Å². The van der Waals surface area contributed by atoms with Gasteiger partial charge in [-0.25, -0.2) is 0 Å². The second kappa shape index (κ2) is 5.48. The first kappa shape index (κ1) is 15.9. The average Bonchev–Trinajstić information content (AvgIpc) is 2.66. The normalized spacial score (nSPS) is 24.9. The largest absolute Gasteiger partial charge is 0.347 e. The van der Waals surface area contributed by atoms with E-state index in [2.05, 4.69) is 0 Å². The van der Waals surface area contributed by atoms with E-state index in [1.165, 1.54) is 0 Å². The third-order valence-corrected chi connectivity index (χ3v) is 3.86. The number of hydrogen-bond acceptors (Lipinski definition) is 6. The Morgan fingerprint density at radius 2 is 1.40 bits per heavy atom. The molecule has 6 nitrogen and oxygen atoms in total. The Morgan fingerprint density at radius 3 is 1.70 bits per heavy atom. The minimum atomic E-state index is -1.98. The maximum absolute atomic E-state index is 9.59. The Balaban J connectivity index is 3.68. The van der Waals surface area contributed by atoms with E-state index in [0.717, 1.165) is 0 Å². The summed E-state index contributed by atoms with van der Waals surface area (Å²) in [6.07, 6.45) is 0.0567. The van der Waals surface area contributed by atoms with Crippen molar-refractivity contribution in [3.05, 3.63) is 0 Å². The molecule has 20 heavy (non-hydrogen) atoms. The van der Waals surface area contributed by atoms with Gasteiger partial charge in [-0.05, 0) is 20.3 Å². The van der Waals surface area contributed by atoms with Gasteiger partial charge in [0.1, 0.15) is 0 Å². The number of hydrogen-bond donors (Lipinski definition) is 0. The summed E-state index contributed by atoms with van der Waals surface area (Å²) >= 11 is 0. The smallest absolute Gasteiger partial charge is 0.228 e. The molecule has 1 saturated carbocycles. The van der Waals surface area contributed by atoms with Crippen LogP contribution in [0.5, 0.6) is 0 Å². The first-order valence-electron chi connectivity index (χ1n) is 6.42. The van der Waals surface area contributed by atoms with Crippen LogP contribution in [0.2, 0.25) is 0 Å². The molecule has 0 radical (unpaired) electrons. The van der Waals surface area contributed by atoms with Gasteiger partial charge in [-0.1, -0.05) is 6.92 Å². The van der Waals surface area contributed by atoms with Crippen LogP contribution in [0.15, 0.2) is 0 Å². The van der Waals surface area contributed by atoms with Gasteiger partial charge in [-0.2, -0.15) is 21.0 Å². The molecule has 6 heteroatoms. The molecule has 0 bridgehead atoms. The summed E-state index contributed by atoms with van der Waals surface area (Å²) in [6.45, 7) is 5.58. The molecule has 1 fully saturated rings. The summed E-state index contributed by atoms with van der Waals surface area (Å²) in [4.78, 5) is 0. The topological polar surface area (TPSA) is 114 Å². The molecule has 104 valence electrons. The maximum atomic E-state index is 9.59. The number of rotatable bonds is 4. The standard InChI is InChI=1S/C14H16N4O2/c1-4-19-14(20-5-2)11(3)6-12(7-15,8-16)13(14,9-17)10-18/h11H,4-6H2,1-3H3. The molecule has 1 aliphatic rings. The van der Waals surface area contributed by atoms with Crippen LogP contribution >= 0.6 is 0 Å². The van der Waals surface area contributed by atoms with Crippen molar-refractivity contribution in [3.63, 3.8) is 0 Å². The number of nitriles is 4. The quantitative estimate of drug-likeness (QED) is 0.721. The molecule has 0 aromatic rings. The van der Waals surface area contributed by atoms with E-state index in [9.17, 15) is 21.0 Å². The van der Waals surface area contributed by atoms with E-state index in [1.807, 2.05) is 24.3 Å². The summed E-state index contributed by atoms with van der Waals surface area (Å²) in [6, 6.07) is 7.42. The molecule has 0 N–H and O–H groups in total. The fourth-order valence-corrected chi connectivity index (χ4v) is 3.04. The van der Waals surface area contributed by atoms with Crippen LogP contribution in [-0.2, 0) is 9.47 Å². The average molecular weight is 272 g/mol. The lowest BCUT2D eigenvalue weighted by atomic mass is 9.66. The summed E-state index contributed by atoms with van der Waals surface area (Å²) in [5.74, 6) is -1.99. The van der Waals surface area contributed by atoms with Gasteiger partial charge >= 0.3 is 0 Å². The van der Waals surface area contributed by atoms with Crippen LogP contribution in [0.4, 0.5) is 0 Å². The highest BCUT2D eigenvalue weighted by Gasteiger charge is 2.76. The summed E-state index contributed by atoms with van der Waals surface area (Å²) < 4.78 is 11.3. The molecule has 0 heterocycles. The monoisotopic (exact) mass is 272 g/mol. The van der Waals surface area contributed by atoms with Gasteiger partial charge in [0, 0.05) is 19.1 Å². The minimum absolute atomic E-state index is 0.0567. The van der Waals surface area contributed by atoms with E-state index < -0.39 is 22.5 Å². The van der Waals surface area contributed by atoms with Crippen LogP contribution in [0.3, 0.4) is 0 Å². The number of nitrogens with zero attached hydrogens (tertiary/aromatic N) is 4. The summed E-state index contributed by atoms with van der Waals surface area (Å²) in [7, 11) is 0. The Morgan fingerprint density at radius 1 is 0.950 bits per heavy atom. The fraction of sp³-hybridized carbons (Fsp3) is 0.714. The van der Waals surface area contributed by atoms with Crippen molar-refractivity contribution >= 4 is 0 Å². The predicted octanol–water partition coefficient (Wildman–Crippen LogP) is 1.86. The second-order valence-corrected chi connectivity index (χ2v) is 4.74. The van der Waals surface area contributed by atoms with Crippen molar-refractivity contribution in [1.29, 1.82) is 21.0 Å². The minimum Gasteiger partial charge on any atom is -0.347 e. The van der Waals surface area contributed by atoms with Gasteiger partial charge in [-0.3, -0.25) is 0 Å². The first-order chi connectivity index (χ1) is 9.49. The first-order valence-corrected chi connectivity index (χ1v) is 6.42. The van der Waals surface area contributed by atoms with Crippen molar-refractivity contribution in [2.75, 3.05) is 13.2 Å². The molecule has 0 aromatic carbocycles. The highest BCUT2D eigenvalue weighted by molar-refractivity contribution is 5.42. The molecule has 1 unspecified atom stereocenters. The van der Waals surface area contributed by atoms with E-state index in [-0.39, 0.29) is 19.6 Å². The second-order valence-electron chi connectivity index (χ2n) is 4.74. The zero-order valence-corrected chi connectivity index (χ0v) is 11.8. The highest BCUT2D eigenvalue weighted by Crippen LogP contribution is 2.62. The molecule has 0 saturated heterocycles. The molecule has 0 aliphatic heterocycles. The lowest BCUT2D eigenvalue weighted by Crippen LogP contribution is -2.55. The zero-order chi connectivity index (χ0) is 15.4. The van der Waals surface area contributed by atoms with Crippen molar-refractivity contribution in [2.24, 2.45) is 16.7 Å². The number of ether oxygens (including phenoxy) is 2. The van der Waals surface area contributed by atoms with Crippen molar-refractivity contribution in [1.82, 2.24) is 0 Å². The van der Waals surface area contributed by atoms with Crippen LogP contribution < -0.4 is 0 Å². The molecular weight excluding hydrogens is 256 g/mol. The van der Waals surface area contributed by atoms with Crippen LogP contribution in [0, 0.1) is 62.1 Å². The Hall–Kier alpha value is -2.12. The Labute approximate surface area is 118 Å². The molecular formula is C14H16N4O2. The summed E-state index contributed by atoms with van der Waals surface area (Å²) in [5, 5.41) is 38.0. The summed E-state index contributed by atoms with van der Waals surface area (Å²) in [5.41, 5.74) is -3.74. The van der Waals surface area contributed by atoms with Crippen LogP contribution in [-0.4, -0.2) is 19.0 Å². The van der Waals surface area contributed by atoms with Crippen molar-refractivity contribution in [2.45, 2.75) is 33.0 Å². The van der Waals surface area contributed by atoms with E-state index in [1.54, 1.807) is 20.8 Å². The van der Waals surface area contributed by atoms with Crippen molar-refractivity contribution < 1.29 is 9.47 Å². The van der Waals surface area contributed by atoms with E-state index >= 15 is 0 Å². The van der Waals surface area contributed by atoms with Gasteiger partial charge in [0.25, 0.3) is 0 Å². The molecule has 0 spiro atoms. The Kier molecular flexibility index (Phi) is 4.36. The van der Waals surface area contributed by atoms with Crippen LogP contribution in [0.1, 0.15) is 27.2 Å². The molecule has 1 atom stereocenters. The van der Waals surface area contributed by atoms with Crippen LogP contribution in [0.25, 0.3) is 0 Å². The third kappa shape index (κ3) is 1.60. The zero-order valence-electron chi connectivity index (χ0n) is 11.8. The van der Waals surface area contributed by atoms with Gasteiger partial charge in [0.2, 0.25) is 11.2 Å². The van der Waals surface area contributed by atoms with Gasteiger partial charge in [-0.15, -0.1) is 0 Å². The van der Waals surface area contributed by atoms with E-state index in [4.69, 9.17) is 9.47 Å².